The van der Waals surface area contributed by atoms with Crippen LogP contribution in [0.5, 0.6) is 0 Å². The minimum atomic E-state index is -0.0697. The third-order valence-electron chi connectivity index (χ3n) is 2.75. The van der Waals surface area contributed by atoms with E-state index in [2.05, 4.69) is 10.6 Å². The molecular formula is C11H22ClN3O2. The van der Waals surface area contributed by atoms with Gasteiger partial charge < -0.3 is 15.5 Å². The number of nitrogens with zero attached hydrogens (tertiary/aromatic N) is 1. The topological polar surface area (TPSA) is 61.4 Å². The fourth-order valence-electron chi connectivity index (χ4n) is 1.76. The van der Waals surface area contributed by atoms with Gasteiger partial charge in [-0.2, -0.15) is 0 Å². The Morgan fingerprint density at radius 3 is 2.41 bits per heavy atom. The summed E-state index contributed by atoms with van der Waals surface area (Å²) in [5.41, 5.74) is 0. The lowest BCUT2D eigenvalue weighted by molar-refractivity contribution is -0.133. The van der Waals surface area contributed by atoms with Gasteiger partial charge in [0.2, 0.25) is 11.8 Å². The Morgan fingerprint density at radius 2 is 1.82 bits per heavy atom. The zero-order valence-electron chi connectivity index (χ0n) is 10.3. The van der Waals surface area contributed by atoms with Crippen molar-refractivity contribution in [2.75, 3.05) is 33.2 Å². The maximum absolute atomic E-state index is 11.7. The SMILES string of the molecule is CNCCC(=O)NCC(=O)N1CCCCC1.Cl. The van der Waals surface area contributed by atoms with Gasteiger partial charge in [0.25, 0.3) is 0 Å². The molecule has 0 atom stereocenters. The first-order valence-electron chi connectivity index (χ1n) is 5.93. The normalized spacial score (nSPS) is 15.0. The highest BCUT2D eigenvalue weighted by Crippen LogP contribution is 2.08. The summed E-state index contributed by atoms with van der Waals surface area (Å²) in [6, 6.07) is 0. The molecular weight excluding hydrogens is 242 g/mol. The molecule has 1 aliphatic rings. The molecule has 0 bridgehead atoms. The second-order valence-corrected chi connectivity index (χ2v) is 4.07. The predicted molar refractivity (Wildman–Crippen MR) is 69.2 cm³/mol. The summed E-state index contributed by atoms with van der Waals surface area (Å²) < 4.78 is 0. The van der Waals surface area contributed by atoms with E-state index in [1.54, 1.807) is 7.05 Å². The number of carbonyl (C=O) groups is 2. The summed E-state index contributed by atoms with van der Waals surface area (Å²) in [6.07, 6.45) is 3.79. The van der Waals surface area contributed by atoms with E-state index in [9.17, 15) is 9.59 Å². The number of hydrogen-bond acceptors (Lipinski definition) is 3. The van der Waals surface area contributed by atoms with Crippen LogP contribution in [0.3, 0.4) is 0 Å². The number of rotatable bonds is 5. The van der Waals surface area contributed by atoms with Gasteiger partial charge in [0, 0.05) is 26.1 Å². The highest BCUT2D eigenvalue weighted by atomic mass is 35.5. The molecule has 0 unspecified atom stereocenters. The van der Waals surface area contributed by atoms with Crippen LogP contribution in [0.1, 0.15) is 25.7 Å². The Bertz CT molecular complexity index is 243. The summed E-state index contributed by atoms with van der Waals surface area (Å²) >= 11 is 0. The molecule has 0 aromatic carbocycles. The highest BCUT2D eigenvalue weighted by Gasteiger charge is 2.16. The van der Waals surface area contributed by atoms with Gasteiger partial charge in [0.15, 0.2) is 0 Å². The number of likely N-dealkylation sites (tertiary alicyclic amines) is 1. The monoisotopic (exact) mass is 263 g/mol. The van der Waals surface area contributed by atoms with Crippen molar-refractivity contribution in [2.24, 2.45) is 0 Å². The summed E-state index contributed by atoms with van der Waals surface area (Å²) in [6.45, 7) is 2.46. The number of hydrogen-bond donors (Lipinski definition) is 2. The Balaban J connectivity index is 0.00000256. The zero-order valence-corrected chi connectivity index (χ0v) is 11.1. The molecule has 6 heteroatoms. The molecule has 2 N–H and O–H groups in total. The number of amides is 2. The third-order valence-corrected chi connectivity index (χ3v) is 2.75. The van der Waals surface area contributed by atoms with E-state index in [1.165, 1.54) is 6.42 Å². The molecule has 0 radical (unpaired) electrons. The van der Waals surface area contributed by atoms with Gasteiger partial charge in [-0.1, -0.05) is 0 Å². The van der Waals surface area contributed by atoms with E-state index < -0.39 is 0 Å². The fraction of sp³-hybridized carbons (Fsp3) is 0.818. The molecule has 1 fully saturated rings. The molecule has 0 aliphatic carbocycles. The van der Waals surface area contributed by atoms with Gasteiger partial charge >= 0.3 is 0 Å². The lowest BCUT2D eigenvalue weighted by Gasteiger charge is -2.26. The minimum absolute atomic E-state index is 0. The lowest BCUT2D eigenvalue weighted by Crippen LogP contribution is -2.42. The first-order valence-corrected chi connectivity index (χ1v) is 5.93. The summed E-state index contributed by atoms with van der Waals surface area (Å²) in [7, 11) is 1.80. The van der Waals surface area contributed by atoms with Crippen molar-refractivity contribution >= 4 is 24.2 Å². The van der Waals surface area contributed by atoms with Crippen LogP contribution in [0.15, 0.2) is 0 Å². The van der Waals surface area contributed by atoms with Crippen molar-refractivity contribution in [3.8, 4) is 0 Å². The molecule has 100 valence electrons. The largest absolute Gasteiger partial charge is 0.347 e. The summed E-state index contributed by atoms with van der Waals surface area (Å²) in [4.78, 5) is 24.8. The van der Waals surface area contributed by atoms with Crippen molar-refractivity contribution in [1.29, 1.82) is 0 Å². The average Bonchev–Trinajstić information content (AvgIpc) is 2.34. The Labute approximate surface area is 109 Å². The first-order chi connectivity index (χ1) is 7.74. The van der Waals surface area contributed by atoms with Crippen molar-refractivity contribution in [1.82, 2.24) is 15.5 Å². The molecule has 0 saturated carbocycles. The van der Waals surface area contributed by atoms with Crippen LogP contribution in [0.4, 0.5) is 0 Å². The van der Waals surface area contributed by atoms with Gasteiger partial charge in [0.1, 0.15) is 0 Å². The van der Waals surface area contributed by atoms with Gasteiger partial charge in [-0.3, -0.25) is 9.59 Å². The van der Waals surface area contributed by atoms with Crippen LogP contribution in [-0.2, 0) is 9.59 Å². The zero-order chi connectivity index (χ0) is 11.8. The molecule has 5 nitrogen and oxygen atoms in total. The van der Waals surface area contributed by atoms with Gasteiger partial charge in [-0.15, -0.1) is 12.4 Å². The maximum Gasteiger partial charge on any atom is 0.241 e. The Morgan fingerprint density at radius 1 is 1.18 bits per heavy atom. The minimum Gasteiger partial charge on any atom is -0.347 e. The standard InChI is InChI=1S/C11H21N3O2.ClH/c1-12-6-5-10(15)13-9-11(16)14-7-3-2-4-8-14;/h12H,2-9H2,1H3,(H,13,15);1H. The van der Waals surface area contributed by atoms with Crippen LogP contribution < -0.4 is 10.6 Å². The van der Waals surface area contributed by atoms with Crippen molar-refractivity contribution in [2.45, 2.75) is 25.7 Å². The molecule has 0 aromatic heterocycles. The lowest BCUT2D eigenvalue weighted by atomic mass is 10.1. The van der Waals surface area contributed by atoms with E-state index in [4.69, 9.17) is 0 Å². The number of piperidine rings is 1. The van der Waals surface area contributed by atoms with E-state index in [0.717, 1.165) is 25.9 Å². The van der Waals surface area contributed by atoms with Crippen molar-refractivity contribution in [3.05, 3.63) is 0 Å². The molecule has 2 amide bonds. The molecule has 1 heterocycles. The fourth-order valence-corrected chi connectivity index (χ4v) is 1.76. The van der Waals surface area contributed by atoms with Gasteiger partial charge in [-0.25, -0.2) is 0 Å². The van der Waals surface area contributed by atoms with Crippen LogP contribution in [0.25, 0.3) is 0 Å². The molecule has 0 aromatic rings. The molecule has 0 spiro atoms. The molecule has 1 aliphatic heterocycles. The van der Waals surface area contributed by atoms with E-state index >= 15 is 0 Å². The molecule has 1 saturated heterocycles. The number of halogens is 1. The van der Waals surface area contributed by atoms with Crippen LogP contribution in [0, 0.1) is 0 Å². The predicted octanol–water partition coefficient (Wildman–Crippen LogP) is 0.146. The van der Waals surface area contributed by atoms with Crippen molar-refractivity contribution < 1.29 is 9.59 Å². The Hall–Kier alpha value is -0.810. The Kier molecular flexibility index (Phi) is 8.80. The average molecular weight is 264 g/mol. The van der Waals surface area contributed by atoms with Crippen LogP contribution in [-0.4, -0.2) is 49.9 Å². The van der Waals surface area contributed by atoms with E-state index in [0.29, 0.717) is 13.0 Å². The van der Waals surface area contributed by atoms with Crippen LogP contribution >= 0.6 is 12.4 Å². The first kappa shape index (κ1) is 16.2. The maximum atomic E-state index is 11.7. The summed E-state index contributed by atoms with van der Waals surface area (Å²) in [5.74, 6) is -0.0304. The smallest absolute Gasteiger partial charge is 0.241 e. The van der Waals surface area contributed by atoms with Crippen molar-refractivity contribution in [3.63, 3.8) is 0 Å². The second kappa shape index (κ2) is 9.24. The molecule has 17 heavy (non-hydrogen) atoms. The van der Waals surface area contributed by atoms with Crippen LogP contribution in [0.2, 0.25) is 0 Å². The second-order valence-electron chi connectivity index (χ2n) is 4.07. The highest BCUT2D eigenvalue weighted by molar-refractivity contribution is 5.85. The molecule has 1 rings (SSSR count). The third kappa shape index (κ3) is 6.48. The van der Waals surface area contributed by atoms with E-state index in [1.807, 2.05) is 4.90 Å². The quantitative estimate of drug-likeness (QED) is 0.742. The van der Waals surface area contributed by atoms with Gasteiger partial charge in [0.05, 0.1) is 6.54 Å². The number of nitrogens with one attached hydrogen (secondary N) is 2. The van der Waals surface area contributed by atoms with Gasteiger partial charge in [-0.05, 0) is 26.3 Å². The van der Waals surface area contributed by atoms with E-state index in [-0.39, 0.29) is 30.8 Å². The summed E-state index contributed by atoms with van der Waals surface area (Å²) in [5, 5.41) is 5.54. The number of carbonyl (C=O) groups excluding carboxylic acids is 2.